The number of aromatic nitrogens is 2. The van der Waals surface area contributed by atoms with Crippen LogP contribution in [0.4, 0.5) is 11.1 Å². The minimum absolute atomic E-state index is 0.00218. The molecule has 1 aliphatic rings. The number of nitrogens with zero attached hydrogens (tertiary/aromatic N) is 3. The van der Waals surface area contributed by atoms with E-state index in [4.69, 9.17) is 5.73 Å². The SMILES string of the molecule is CN(c1nc(N)ns1)C1CCS(=O)(=O)C1. The van der Waals surface area contributed by atoms with Crippen LogP contribution in [0.25, 0.3) is 0 Å². The fraction of sp³-hybridized carbons (Fsp3) is 0.714. The molecule has 2 rings (SSSR count). The smallest absolute Gasteiger partial charge is 0.233 e. The molecule has 1 aliphatic heterocycles. The molecule has 84 valence electrons. The molecular formula is C7H12N4O2S2. The Morgan fingerprint density at radius 1 is 1.60 bits per heavy atom. The number of hydrogen-bond acceptors (Lipinski definition) is 7. The van der Waals surface area contributed by atoms with E-state index in [1.807, 2.05) is 11.9 Å². The van der Waals surface area contributed by atoms with Crippen molar-refractivity contribution in [3.05, 3.63) is 0 Å². The second-order valence-corrected chi connectivity index (χ2v) is 6.56. The van der Waals surface area contributed by atoms with Crippen LogP contribution in [0.1, 0.15) is 6.42 Å². The minimum atomic E-state index is -2.86. The lowest BCUT2D eigenvalue weighted by Gasteiger charge is -2.21. The van der Waals surface area contributed by atoms with E-state index in [1.165, 1.54) is 11.5 Å². The van der Waals surface area contributed by atoms with Gasteiger partial charge < -0.3 is 10.6 Å². The molecule has 0 spiro atoms. The molecule has 1 atom stereocenters. The third-order valence-electron chi connectivity index (χ3n) is 2.49. The first-order valence-electron chi connectivity index (χ1n) is 4.50. The topological polar surface area (TPSA) is 89.2 Å². The van der Waals surface area contributed by atoms with Crippen molar-refractivity contribution in [1.82, 2.24) is 9.36 Å². The lowest BCUT2D eigenvalue weighted by Crippen LogP contribution is -2.32. The average Bonchev–Trinajstić information content (AvgIpc) is 2.71. The highest BCUT2D eigenvalue weighted by atomic mass is 32.2. The Bertz CT molecular complexity index is 455. The molecule has 0 bridgehead atoms. The summed E-state index contributed by atoms with van der Waals surface area (Å²) in [4.78, 5) is 5.87. The Balaban J connectivity index is 2.13. The summed E-state index contributed by atoms with van der Waals surface area (Å²) in [6.07, 6.45) is 0.651. The van der Waals surface area contributed by atoms with Gasteiger partial charge in [-0.15, -0.1) is 0 Å². The van der Waals surface area contributed by atoms with E-state index < -0.39 is 9.84 Å². The van der Waals surface area contributed by atoms with Gasteiger partial charge in [0.2, 0.25) is 11.1 Å². The van der Waals surface area contributed by atoms with E-state index in [2.05, 4.69) is 9.36 Å². The zero-order chi connectivity index (χ0) is 11.1. The molecule has 0 amide bonds. The van der Waals surface area contributed by atoms with Crippen LogP contribution in [0.15, 0.2) is 0 Å². The quantitative estimate of drug-likeness (QED) is 0.776. The molecule has 2 N–H and O–H groups in total. The lowest BCUT2D eigenvalue weighted by molar-refractivity contribution is 0.601. The molecule has 1 saturated heterocycles. The van der Waals surface area contributed by atoms with Crippen LogP contribution in [-0.2, 0) is 9.84 Å². The predicted octanol–water partition coefficient (Wildman–Crippen LogP) is -0.256. The van der Waals surface area contributed by atoms with Gasteiger partial charge >= 0.3 is 0 Å². The first-order chi connectivity index (χ1) is 6.98. The van der Waals surface area contributed by atoms with Crippen LogP contribution in [0.5, 0.6) is 0 Å². The Hall–Kier alpha value is -0.890. The normalized spacial score (nSPS) is 24.2. The van der Waals surface area contributed by atoms with Gasteiger partial charge in [0.15, 0.2) is 9.84 Å². The zero-order valence-electron chi connectivity index (χ0n) is 8.25. The third-order valence-corrected chi connectivity index (χ3v) is 5.06. The molecule has 6 nitrogen and oxygen atoms in total. The highest BCUT2D eigenvalue weighted by Gasteiger charge is 2.31. The molecule has 15 heavy (non-hydrogen) atoms. The van der Waals surface area contributed by atoms with Gasteiger partial charge in [0.05, 0.1) is 11.5 Å². The third kappa shape index (κ3) is 2.20. The number of nitrogens with two attached hydrogens (primary N) is 1. The van der Waals surface area contributed by atoms with Crippen molar-refractivity contribution in [3.63, 3.8) is 0 Å². The van der Waals surface area contributed by atoms with E-state index in [1.54, 1.807) is 0 Å². The maximum Gasteiger partial charge on any atom is 0.233 e. The first-order valence-corrected chi connectivity index (χ1v) is 7.10. The minimum Gasteiger partial charge on any atom is -0.367 e. The summed E-state index contributed by atoms with van der Waals surface area (Å²) in [6, 6.07) is 0.00218. The molecular weight excluding hydrogens is 236 g/mol. The fourth-order valence-electron chi connectivity index (χ4n) is 1.61. The maximum absolute atomic E-state index is 11.3. The van der Waals surface area contributed by atoms with Gasteiger partial charge in [-0.1, -0.05) is 0 Å². The number of nitrogen functional groups attached to an aromatic ring is 1. The van der Waals surface area contributed by atoms with Crippen LogP contribution in [0.2, 0.25) is 0 Å². The van der Waals surface area contributed by atoms with Gasteiger partial charge in [0, 0.05) is 24.6 Å². The highest BCUT2D eigenvalue weighted by molar-refractivity contribution is 7.91. The molecule has 0 saturated carbocycles. The zero-order valence-corrected chi connectivity index (χ0v) is 9.88. The average molecular weight is 248 g/mol. The highest BCUT2D eigenvalue weighted by Crippen LogP contribution is 2.24. The molecule has 0 aliphatic carbocycles. The number of anilines is 2. The van der Waals surface area contributed by atoms with Gasteiger partial charge in [-0.05, 0) is 6.42 Å². The Labute approximate surface area is 92.2 Å². The van der Waals surface area contributed by atoms with E-state index in [9.17, 15) is 8.42 Å². The summed E-state index contributed by atoms with van der Waals surface area (Å²) in [6.45, 7) is 0. The van der Waals surface area contributed by atoms with E-state index >= 15 is 0 Å². The van der Waals surface area contributed by atoms with E-state index in [-0.39, 0.29) is 23.5 Å². The van der Waals surface area contributed by atoms with Crippen LogP contribution in [0.3, 0.4) is 0 Å². The monoisotopic (exact) mass is 248 g/mol. The van der Waals surface area contributed by atoms with Crippen LogP contribution >= 0.6 is 11.5 Å². The molecule has 0 radical (unpaired) electrons. The van der Waals surface area contributed by atoms with Crippen molar-refractivity contribution in [2.45, 2.75) is 12.5 Å². The first kappa shape index (κ1) is 10.6. The van der Waals surface area contributed by atoms with E-state index in [0.29, 0.717) is 11.6 Å². The van der Waals surface area contributed by atoms with Crippen molar-refractivity contribution < 1.29 is 8.42 Å². The van der Waals surface area contributed by atoms with Crippen molar-refractivity contribution in [1.29, 1.82) is 0 Å². The lowest BCUT2D eigenvalue weighted by atomic mass is 10.2. The van der Waals surface area contributed by atoms with Crippen LogP contribution in [0, 0.1) is 0 Å². The Morgan fingerprint density at radius 3 is 2.80 bits per heavy atom. The van der Waals surface area contributed by atoms with Gasteiger partial charge in [-0.2, -0.15) is 9.36 Å². The summed E-state index contributed by atoms with van der Waals surface area (Å²) in [5, 5.41) is 0.676. The second kappa shape index (κ2) is 3.60. The summed E-state index contributed by atoms with van der Waals surface area (Å²) >= 11 is 1.19. The second-order valence-electron chi connectivity index (χ2n) is 3.60. The number of rotatable bonds is 2. The number of hydrogen-bond donors (Lipinski definition) is 1. The summed E-state index contributed by atoms with van der Waals surface area (Å²) < 4.78 is 26.5. The fourth-order valence-corrected chi connectivity index (χ4v) is 4.01. The molecule has 1 fully saturated rings. The van der Waals surface area contributed by atoms with E-state index in [0.717, 1.165) is 0 Å². The standard InChI is InChI=1S/C7H12N4O2S2/c1-11(7-9-6(8)10-14-7)5-2-3-15(12,13)4-5/h5H,2-4H2,1H3,(H2,8,10). The van der Waals surface area contributed by atoms with Crippen LogP contribution < -0.4 is 10.6 Å². The van der Waals surface area contributed by atoms with Gasteiger partial charge in [-0.25, -0.2) is 8.42 Å². The molecule has 1 aromatic rings. The van der Waals surface area contributed by atoms with Gasteiger partial charge in [0.25, 0.3) is 0 Å². The van der Waals surface area contributed by atoms with Gasteiger partial charge in [0.1, 0.15) is 0 Å². The maximum atomic E-state index is 11.3. The largest absolute Gasteiger partial charge is 0.367 e. The van der Waals surface area contributed by atoms with Crippen molar-refractivity contribution in [2.24, 2.45) is 0 Å². The van der Waals surface area contributed by atoms with Gasteiger partial charge in [-0.3, -0.25) is 0 Å². The Kier molecular flexibility index (Phi) is 2.55. The molecule has 0 aromatic carbocycles. The van der Waals surface area contributed by atoms with Crippen molar-refractivity contribution in [3.8, 4) is 0 Å². The van der Waals surface area contributed by atoms with Crippen LogP contribution in [-0.4, -0.2) is 42.4 Å². The molecule has 2 heterocycles. The Morgan fingerprint density at radius 2 is 2.33 bits per heavy atom. The number of sulfone groups is 1. The summed E-state index contributed by atoms with van der Waals surface area (Å²) in [5.41, 5.74) is 5.41. The molecule has 1 unspecified atom stereocenters. The molecule has 1 aromatic heterocycles. The van der Waals surface area contributed by atoms with Crippen molar-refractivity contribution in [2.75, 3.05) is 29.2 Å². The predicted molar refractivity (Wildman–Crippen MR) is 59.8 cm³/mol. The summed E-state index contributed by atoms with van der Waals surface area (Å²) in [5.74, 6) is 0.696. The summed E-state index contributed by atoms with van der Waals surface area (Å²) in [7, 11) is -1.03. The van der Waals surface area contributed by atoms with Crippen molar-refractivity contribution >= 4 is 32.4 Å². The molecule has 8 heteroatoms.